The first-order valence-electron chi connectivity index (χ1n) is 9.63. The number of fused-ring (bicyclic) bond motifs is 6. The minimum Gasteiger partial charge on any atom is -0.367 e. The molecule has 8 heteroatoms. The molecule has 3 aliphatic heterocycles. The van der Waals surface area contributed by atoms with Crippen molar-refractivity contribution in [2.45, 2.75) is 37.4 Å². The number of carbonyl (C=O) groups is 2. The number of halogens is 1. The Balaban J connectivity index is 1.66. The van der Waals surface area contributed by atoms with Crippen LogP contribution in [0.15, 0.2) is 36.4 Å². The number of non-ortho nitro benzene ring substituents is 1. The minimum absolute atomic E-state index is 0.0465. The summed E-state index contributed by atoms with van der Waals surface area (Å²) < 4.78 is 6.33. The first kappa shape index (κ1) is 18.7. The lowest BCUT2D eigenvalue weighted by molar-refractivity contribution is -0.383. The number of imide groups is 1. The molecule has 0 spiro atoms. The monoisotopic (exact) mass is 458 g/mol. The summed E-state index contributed by atoms with van der Waals surface area (Å²) in [5.41, 5.74) is -0.909. The van der Waals surface area contributed by atoms with E-state index >= 15 is 0 Å². The molecule has 0 N–H and O–H groups in total. The third-order valence-electron chi connectivity index (χ3n) is 6.85. The molecule has 3 aliphatic rings. The van der Waals surface area contributed by atoms with E-state index in [1.165, 1.54) is 17.0 Å². The molecule has 0 aromatic heterocycles. The van der Waals surface area contributed by atoms with Crippen LogP contribution in [0.3, 0.4) is 0 Å². The van der Waals surface area contributed by atoms with E-state index in [-0.39, 0.29) is 17.5 Å². The Morgan fingerprint density at radius 3 is 2.52 bits per heavy atom. The standard InChI is InChI=1S/C21H19BrN2O5/c1-20-8-9-21(29-20,10-11-22)17-16(20)18(25)23(19(17)26)14-6-7-15(24(27)28)13-5-3-2-4-12(13)14/h2-7,16-17H,8-11H2,1H3/t16-,17+,20?,21-/m0/s1. The summed E-state index contributed by atoms with van der Waals surface area (Å²) in [6, 6.07) is 9.70. The fourth-order valence-electron chi connectivity index (χ4n) is 5.63. The van der Waals surface area contributed by atoms with Gasteiger partial charge in [-0.1, -0.05) is 34.1 Å². The van der Waals surface area contributed by atoms with E-state index in [4.69, 9.17) is 4.74 Å². The summed E-state index contributed by atoms with van der Waals surface area (Å²) in [7, 11) is 0. The van der Waals surface area contributed by atoms with Crippen molar-refractivity contribution in [1.82, 2.24) is 0 Å². The molecule has 7 nitrogen and oxygen atoms in total. The topological polar surface area (TPSA) is 89.8 Å². The molecule has 4 atom stereocenters. The molecule has 2 amide bonds. The zero-order valence-electron chi connectivity index (χ0n) is 15.8. The van der Waals surface area contributed by atoms with Gasteiger partial charge >= 0.3 is 0 Å². The average molecular weight is 459 g/mol. The lowest BCUT2D eigenvalue weighted by Gasteiger charge is -2.30. The highest BCUT2D eigenvalue weighted by molar-refractivity contribution is 9.09. The first-order chi connectivity index (χ1) is 13.8. The van der Waals surface area contributed by atoms with E-state index in [2.05, 4.69) is 15.9 Å². The summed E-state index contributed by atoms with van der Waals surface area (Å²) in [6.07, 6.45) is 2.16. The second kappa shape index (κ2) is 6.09. The summed E-state index contributed by atoms with van der Waals surface area (Å²) >= 11 is 3.46. The molecule has 2 aromatic carbocycles. The number of anilines is 1. The van der Waals surface area contributed by atoms with Crippen molar-refractivity contribution in [3.63, 3.8) is 0 Å². The molecule has 2 bridgehead atoms. The predicted octanol–water partition coefficient (Wildman–Crippen LogP) is 3.96. The fraction of sp³-hybridized carbons (Fsp3) is 0.429. The second-order valence-corrected chi connectivity index (χ2v) is 9.09. The van der Waals surface area contributed by atoms with Crippen LogP contribution >= 0.6 is 15.9 Å². The third-order valence-corrected chi connectivity index (χ3v) is 7.24. The van der Waals surface area contributed by atoms with Crippen molar-refractivity contribution < 1.29 is 19.2 Å². The number of amides is 2. The molecule has 3 fully saturated rings. The van der Waals surface area contributed by atoms with E-state index in [1.807, 2.05) is 6.92 Å². The number of benzene rings is 2. The molecule has 2 aromatic rings. The number of hydrogen-bond acceptors (Lipinski definition) is 5. The fourth-order valence-corrected chi connectivity index (χ4v) is 6.30. The third kappa shape index (κ3) is 2.33. The van der Waals surface area contributed by atoms with Crippen LogP contribution in [-0.2, 0) is 14.3 Å². The van der Waals surface area contributed by atoms with Gasteiger partial charge in [0.25, 0.3) is 5.69 Å². The highest BCUT2D eigenvalue weighted by Gasteiger charge is 2.73. The van der Waals surface area contributed by atoms with Gasteiger partial charge in [0.05, 0.1) is 39.0 Å². The van der Waals surface area contributed by atoms with Crippen LogP contribution < -0.4 is 4.90 Å². The van der Waals surface area contributed by atoms with Gasteiger partial charge in [-0.15, -0.1) is 0 Å². The number of carbonyl (C=O) groups excluding carboxylic acids is 2. The van der Waals surface area contributed by atoms with Gasteiger partial charge in [-0.2, -0.15) is 0 Å². The molecule has 150 valence electrons. The second-order valence-electron chi connectivity index (χ2n) is 8.29. The van der Waals surface area contributed by atoms with E-state index < -0.39 is 28.0 Å². The molecule has 0 radical (unpaired) electrons. The maximum atomic E-state index is 13.5. The zero-order chi connectivity index (χ0) is 20.6. The summed E-state index contributed by atoms with van der Waals surface area (Å²) in [4.78, 5) is 39.2. The normalized spacial score (nSPS) is 33.0. The summed E-state index contributed by atoms with van der Waals surface area (Å²) in [6.45, 7) is 1.93. The molecule has 3 saturated heterocycles. The Bertz CT molecular complexity index is 1080. The predicted molar refractivity (Wildman–Crippen MR) is 110 cm³/mol. The Labute approximate surface area is 175 Å². The van der Waals surface area contributed by atoms with Gasteiger partial charge < -0.3 is 4.74 Å². The van der Waals surface area contributed by atoms with Gasteiger partial charge in [-0.3, -0.25) is 19.7 Å². The van der Waals surface area contributed by atoms with Gasteiger partial charge in [0.15, 0.2) is 0 Å². The van der Waals surface area contributed by atoms with Gasteiger partial charge in [-0.05, 0) is 38.3 Å². The Morgan fingerprint density at radius 1 is 1.14 bits per heavy atom. The molecule has 3 heterocycles. The quantitative estimate of drug-likeness (QED) is 0.299. The Hall–Kier alpha value is -2.32. The summed E-state index contributed by atoms with van der Waals surface area (Å²) in [5, 5.41) is 13.0. The molecule has 0 aliphatic carbocycles. The number of alkyl halides is 1. The van der Waals surface area contributed by atoms with Crippen LogP contribution in [0.25, 0.3) is 10.8 Å². The van der Waals surface area contributed by atoms with Crippen molar-refractivity contribution in [2.75, 3.05) is 10.2 Å². The highest BCUT2D eigenvalue weighted by Crippen LogP contribution is 2.62. The van der Waals surface area contributed by atoms with Crippen molar-refractivity contribution in [1.29, 1.82) is 0 Å². The lowest BCUT2D eigenvalue weighted by Crippen LogP contribution is -2.42. The molecule has 5 rings (SSSR count). The van der Waals surface area contributed by atoms with Crippen LogP contribution in [0.2, 0.25) is 0 Å². The Morgan fingerprint density at radius 2 is 1.83 bits per heavy atom. The van der Waals surface area contributed by atoms with Crippen LogP contribution in [0.4, 0.5) is 11.4 Å². The van der Waals surface area contributed by atoms with Gasteiger partial charge in [0, 0.05) is 16.8 Å². The number of nitro groups is 1. The average Bonchev–Trinajstić information content (AvgIpc) is 3.26. The molecule has 29 heavy (non-hydrogen) atoms. The number of nitrogens with zero attached hydrogens (tertiary/aromatic N) is 2. The number of nitro benzene ring substituents is 1. The van der Waals surface area contributed by atoms with Crippen molar-refractivity contribution in [2.24, 2.45) is 11.8 Å². The largest absolute Gasteiger partial charge is 0.367 e. The highest BCUT2D eigenvalue weighted by atomic mass is 79.9. The smallest absolute Gasteiger partial charge is 0.277 e. The van der Waals surface area contributed by atoms with Gasteiger partial charge in [-0.25, -0.2) is 4.90 Å². The SMILES string of the molecule is CC12CC[C@@](CCBr)(O1)[C@H]1C(=O)N(c3ccc([N+](=O)[O-])c4ccccc34)C(=O)[C@H]12. The first-order valence-corrected chi connectivity index (χ1v) is 10.8. The molecular weight excluding hydrogens is 440 g/mol. The summed E-state index contributed by atoms with van der Waals surface area (Å²) in [5.74, 6) is -1.56. The van der Waals surface area contributed by atoms with Gasteiger partial charge in [0.1, 0.15) is 0 Å². The van der Waals surface area contributed by atoms with Crippen LogP contribution in [0.5, 0.6) is 0 Å². The van der Waals surface area contributed by atoms with Crippen LogP contribution in [0.1, 0.15) is 26.2 Å². The maximum Gasteiger partial charge on any atom is 0.277 e. The van der Waals surface area contributed by atoms with E-state index in [9.17, 15) is 19.7 Å². The lowest BCUT2D eigenvalue weighted by atomic mass is 9.67. The van der Waals surface area contributed by atoms with E-state index in [0.717, 1.165) is 12.8 Å². The Kier molecular flexibility index (Phi) is 3.93. The zero-order valence-corrected chi connectivity index (χ0v) is 17.3. The number of rotatable bonds is 4. The van der Waals surface area contributed by atoms with Gasteiger partial charge in [0.2, 0.25) is 11.8 Å². The minimum atomic E-state index is -0.648. The van der Waals surface area contributed by atoms with Crippen molar-refractivity contribution in [3.8, 4) is 0 Å². The van der Waals surface area contributed by atoms with Crippen molar-refractivity contribution in [3.05, 3.63) is 46.5 Å². The van der Waals surface area contributed by atoms with E-state index in [0.29, 0.717) is 28.2 Å². The van der Waals surface area contributed by atoms with Crippen LogP contribution in [-0.4, -0.2) is 33.3 Å². The molecule has 1 unspecified atom stereocenters. The number of ether oxygens (including phenoxy) is 1. The maximum absolute atomic E-state index is 13.5. The van der Waals surface area contributed by atoms with Crippen molar-refractivity contribution >= 4 is 49.9 Å². The molecular formula is C21H19BrN2O5. The van der Waals surface area contributed by atoms with E-state index in [1.54, 1.807) is 24.3 Å². The number of hydrogen-bond donors (Lipinski definition) is 0. The van der Waals surface area contributed by atoms with Crippen LogP contribution in [0, 0.1) is 22.0 Å². The molecule has 0 saturated carbocycles.